The molecule has 2 aromatic carbocycles. The molecule has 0 radical (unpaired) electrons. The van der Waals surface area contributed by atoms with Crippen molar-refractivity contribution in [2.24, 2.45) is 0 Å². The molecule has 0 unspecified atom stereocenters. The van der Waals surface area contributed by atoms with Gasteiger partial charge in [-0.2, -0.15) is 0 Å². The second-order valence-electron chi connectivity index (χ2n) is 5.71. The Bertz CT molecular complexity index is 909. The number of anilines is 2. The molecule has 0 fully saturated rings. The molecular formula is C18H21N3O5S. The Hall–Kier alpha value is -3.07. The lowest BCUT2D eigenvalue weighted by molar-refractivity contribution is -0.126. The zero-order valence-corrected chi connectivity index (χ0v) is 16.0. The monoisotopic (exact) mass is 391 g/mol. The fourth-order valence-corrected chi connectivity index (χ4v) is 3.26. The Morgan fingerprint density at radius 2 is 1.52 bits per heavy atom. The molecular weight excluding hydrogens is 370 g/mol. The van der Waals surface area contributed by atoms with E-state index in [1.54, 1.807) is 31.2 Å². The zero-order valence-electron chi connectivity index (χ0n) is 15.1. The molecule has 0 aromatic heterocycles. The van der Waals surface area contributed by atoms with Crippen LogP contribution >= 0.6 is 0 Å². The number of hydrogen-bond acceptors (Lipinski definition) is 5. The van der Waals surface area contributed by atoms with Crippen LogP contribution < -0.4 is 20.1 Å². The highest BCUT2D eigenvalue weighted by Crippen LogP contribution is 2.21. The van der Waals surface area contributed by atoms with E-state index < -0.39 is 16.1 Å². The van der Waals surface area contributed by atoms with Crippen LogP contribution in [0.25, 0.3) is 0 Å². The molecule has 0 aliphatic heterocycles. The number of nitrogens with one attached hydrogen (secondary N) is 3. The molecule has 144 valence electrons. The van der Waals surface area contributed by atoms with Gasteiger partial charge in [0.15, 0.2) is 6.10 Å². The summed E-state index contributed by atoms with van der Waals surface area (Å²) in [5.74, 6) is -0.114. The maximum absolute atomic E-state index is 12.5. The van der Waals surface area contributed by atoms with Crippen molar-refractivity contribution in [1.29, 1.82) is 0 Å². The largest absolute Gasteiger partial charge is 0.481 e. The number of amides is 2. The number of carbonyl (C=O) groups is 2. The van der Waals surface area contributed by atoms with E-state index in [9.17, 15) is 18.0 Å². The summed E-state index contributed by atoms with van der Waals surface area (Å²) in [4.78, 5) is 22.5. The first-order valence-electron chi connectivity index (χ1n) is 8.10. The fourth-order valence-electron chi connectivity index (χ4n) is 2.20. The van der Waals surface area contributed by atoms with Crippen LogP contribution in [0.4, 0.5) is 11.4 Å². The summed E-state index contributed by atoms with van der Waals surface area (Å²) < 4.78 is 32.8. The van der Waals surface area contributed by atoms with E-state index in [4.69, 9.17) is 4.74 Å². The zero-order chi connectivity index (χ0) is 20.0. The van der Waals surface area contributed by atoms with E-state index in [0.717, 1.165) is 0 Å². The molecule has 9 heteroatoms. The molecule has 2 amide bonds. The van der Waals surface area contributed by atoms with Crippen LogP contribution in [-0.2, 0) is 19.6 Å². The normalized spacial score (nSPS) is 12.0. The van der Waals surface area contributed by atoms with Crippen molar-refractivity contribution in [2.75, 3.05) is 17.1 Å². The highest BCUT2D eigenvalue weighted by atomic mass is 32.2. The molecule has 0 saturated carbocycles. The van der Waals surface area contributed by atoms with Crippen LogP contribution in [0.5, 0.6) is 5.75 Å². The smallest absolute Gasteiger partial charge is 0.261 e. The maximum Gasteiger partial charge on any atom is 0.261 e. The lowest BCUT2D eigenvalue weighted by Crippen LogP contribution is -2.33. The Morgan fingerprint density at radius 1 is 0.963 bits per heavy atom. The maximum atomic E-state index is 12.5. The standard InChI is InChI=1S/C18H21N3O5S/c1-12(18(23)19-3)26-16-8-10-17(11-9-16)27(24,25)21-15-6-4-14(5-7-15)20-13(2)22/h4-12,21H,1-3H3,(H,19,23)(H,20,22)/t12-/m0/s1. The number of likely N-dealkylation sites (N-methyl/N-ethyl adjacent to an activating group) is 1. The number of sulfonamides is 1. The van der Waals surface area contributed by atoms with Gasteiger partial charge in [0.2, 0.25) is 5.91 Å². The van der Waals surface area contributed by atoms with Crippen LogP contribution in [0.1, 0.15) is 13.8 Å². The van der Waals surface area contributed by atoms with E-state index in [-0.39, 0.29) is 16.7 Å². The minimum absolute atomic E-state index is 0.0494. The lowest BCUT2D eigenvalue weighted by atomic mass is 10.3. The van der Waals surface area contributed by atoms with Crippen LogP contribution in [0.3, 0.4) is 0 Å². The number of benzene rings is 2. The van der Waals surface area contributed by atoms with Crippen molar-refractivity contribution in [1.82, 2.24) is 5.32 Å². The minimum Gasteiger partial charge on any atom is -0.481 e. The average molecular weight is 391 g/mol. The molecule has 1 atom stereocenters. The third-order valence-corrected chi connectivity index (χ3v) is 4.92. The molecule has 27 heavy (non-hydrogen) atoms. The highest BCUT2D eigenvalue weighted by molar-refractivity contribution is 7.92. The van der Waals surface area contributed by atoms with Crippen molar-refractivity contribution in [2.45, 2.75) is 24.8 Å². The van der Waals surface area contributed by atoms with Crippen LogP contribution in [0.15, 0.2) is 53.4 Å². The summed E-state index contributed by atoms with van der Waals surface area (Å²) in [6.07, 6.45) is -0.697. The van der Waals surface area contributed by atoms with Gasteiger partial charge in [0.05, 0.1) is 4.90 Å². The third kappa shape index (κ3) is 5.71. The van der Waals surface area contributed by atoms with E-state index in [2.05, 4.69) is 15.4 Å². The van der Waals surface area contributed by atoms with E-state index >= 15 is 0 Å². The van der Waals surface area contributed by atoms with Crippen molar-refractivity contribution in [3.63, 3.8) is 0 Å². The Kier molecular flexibility index (Phi) is 6.40. The van der Waals surface area contributed by atoms with Gasteiger partial charge in [-0.25, -0.2) is 8.42 Å². The second-order valence-corrected chi connectivity index (χ2v) is 7.39. The van der Waals surface area contributed by atoms with Gasteiger partial charge < -0.3 is 15.4 Å². The topological polar surface area (TPSA) is 114 Å². The van der Waals surface area contributed by atoms with Gasteiger partial charge in [-0.05, 0) is 55.5 Å². The molecule has 0 spiro atoms. The molecule has 8 nitrogen and oxygen atoms in total. The average Bonchev–Trinajstić information content (AvgIpc) is 2.62. The lowest BCUT2D eigenvalue weighted by Gasteiger charge is -2.14. The number of ether oxygens (including phenoxy) is 1. The molecule has 0 aliphatic carbocycles. The van der Waals surface area contributed by atoms with Crippen molar-refractivity contribution >= 4 is 33.2 Å². The minimum atomic E-state index is -3.79. The van der Waals surface area contributed by atoms with Crippen molar-refractivity contribution in [3.05, 3.63) is 48.5 Å². The summed E-state index contributed by atoms with van der Waals surface area (Å²) in [6, 6.07) is 12.0. The van der Waals surface area contributed by atoms with Gasteiger partial charge in [0, 0.05) is 25.3 Å². The molecule has 2 aromatic rings. The molecule has 0 saturated heterocycles. The van der Waals surface area contributed by atoms with Crippen LogP contribution in [0.2, 0.25) is 0 Å². The first-order valence-corrected chi connectivity index (χ1v) is 9.58. The van der Waals surface area contributed by atoms with Gasteiger partial charge in [0.1, 0.15) is 5.75 Å². The number of rotatable bonds is 7. The van der Waals surface area contributed by atoms with Crippen molar-refractivity contribution in [3.8, 4) is 5.75 Å². The van der Waals surface area contributed by atoms with Gasteiger partial charge >= 0.3 is 0 Å². The number of hydrogen-bond donors (Lipinski definition) is 3. The van der Waals surface area contributed by atoms with Crippen LogP contribution in [0, 0.1) is 0 Å². The third-order valence-electron chi connectivity index (χ3n) is 3.52. The summed E-state index contributed by atoms with van der Waals surface area (Å²) >= 11 is 0. The Balaban J connectivity index is 2.08. The second kappa shape index (κ2) is 8.54. The number of carbonyl (C=O) groups excluding carboxylic acids is 2. The first-order chi connectivity index (χ1) is 12.7. The molecule has 2 rings (SSSR count). The van der Waals surface area contributed by atoms with Gasteiger partial charge in [-0.3, -0.25) is 14.3 Å². The summed E-state index contributed by atoms with van der Waals surface area (Å²) in [5, 5.41) is 5.07. The fraction of sp³-hybridized carbons (Fsp3) is 0.222. The highest BCUT2D eigenvalue weighted by Gasteiger charge is 2.16. The quantitative estimate of drug-likeness (QED) is 0.668. The summed E-state index contributed by atoms with van der Waals surface area (Å²) in [6.45, 7) is 2.98. The summed E-state index contributed by atoms with van der Waals surface area (Å²) in [7, 11) is -2.28. The van der Waals surface area contributed by atoms with Gasteiger partial charge in [-0.15, -0.1) is 0 Å². The SMILES string of the molecule is CNC(=O)[C@H](C)Oc1ccc(S(=O)(=O)Nc2ccc(NC(C)=O)cc2)cc1. The van der Waals surface area contributed by atoms with E-state index in [1.807, 2.05) is 0 Å². The Labute approximate surface area is 158 Å². The van der Waals surface area contributed by atoms with Gasteiger partial charge in [0.25, 0.3) is 15.9 Å². The molecule has 3 N–H and O–H groups in total. The van der Waals surface area contributed by atoms with Crippen LogP contribution in [-0.4, -0.2) is 33.4 Å². The summed E-state index contributed by atoms with van der Waals surface area (Å²) in [5.41, 5.74) is 0.926. The van der Waals surface area contributed by atoms with E-state index in [1.165, 1.54) is 38.2 Å². The Morgan fingerprint density at radius 3 is 2.04 bits per heavy atom. The van der Waals surface area contributed by atoms with Crippen molar-refractivity contribution < 1.29 is 22.7 Å². The van der Waals surface area contributed by atoms with Gasteiger partial charge in [-0.1, -0.05) is 0 Å². The first kappa shape index (κ1) is 20.2. The predicted octanol–water partition coefficient (Wildman–Crippen LogP) is 1.96. The van der Waals surface area contributed by atoms with E-state index in [0.29, 0.717) is 17.1 Å². The predicted molar refractivity (Wildman–Crippen MR) is 102 cm³/mol. The molecule has 0 heterocycles. The molecule has 0 aliphatic rings. The molecule has 0 bridgehead atoms.